The highest BCUT2D eigenvalue weighted by Gasteiger charge is 2.37. The topological polar surface area (TPSA) is 50.1 Å². The van der Waals surface area contributed by atoms with Crippen LogP contribution in [-0.2, 0) is 0 Å². The normalized spacial score (nSPS) is 22.7. The summed E-state index contributed by atoms with van der Waals surface area (Å²) in [5.74, 6) is 0. The SMILES string of the molecule is CC1(C)CC(Nc2ccc(N)cc2)CC(C)(C)N1. The van der Waals surface area contributed by atoms with E-state index in [0.29, 0.717) is 6.04 Å². The average molecular weight is 247 g/mol. The molecule has 18 heavy (non-hydrogen) atoms. The first-order valence-electron chi connectivity index (χ1n) is 6.67. The molecular formula is C15H25N3. The molecule has 3 nitrogen and oxygen atoms in total. The van der Waals surface area contributed by atoms with E-state index in [0.717, 1.165) is 24.2 Å². The van der Waals surface area contributed by atoms with Gasteiger partial charge in [0.1, 0.15) is 0 Å². The van der Waals surface area contributed by atoms with E-state index in [9.17, 15) is 0 Å². The van der Waals surface area contributed by atoms with Crippen LogP contribution in [-0.4, -0.2) is 17.1 Å². The van der Waals surface area contributed by atoms with Gasteiger partial charge < -0.3 is 16.4 Å². The third-order valence-corrected chi connectivity index (χ3v) is 3.47. The zero-order valence-corrected chi connectivity index (χ0v) is 11.9. The van der Waals surface area contributed by atoms with Crippen LogP contribution in [0.25, 0.3) is 0 Å². The molecule has 3 heteroatoms. The van der Waals surface area contributed by atoms with Crippen LogP contribution in [0, 0.1) is 0 Å². The summed E-state index contributed by atoms with van der Waals surface area (Å²) in [6.45, 7) is 9.08. The van der Waals surface area contributed by atoms with Crippen molar-refractivity contribution in [2.24, 2.45) is 0 Å². The summed E-state index contributed by atoms with van der Waals surface area (Å²) in [4.78, 5) is 0. The van der Waals surface area contributed by atoms with Crippen molar-refractivity contribution in [2.45, 2.75) is 57.7 Å². The summed E-state index contributed by atoms with van der Waals surface area (Å²) in [5, 5.41) is 7.32. The van der Waals surface area contributed by atoms with Crippen molar-refractivity contribution in [3.63, 3.8) is 0 Å². The van der Waals surface area contributed by atoms with Crippen molar-refractivity contribution in [3.05, 3.63) is 24.3 Å². The van der Waals surface area contributed by atoms with Gasteiger partial charge in [0.25, 0.3) is 0 Å². The first-order chi connectivity index (χ1) is 8.26. The molecule has 100 valence electrons. The molecule has 1 saturated heterocycles. The highest BCUT2D eigenvalue weighted by molar-refractivity contribution is 5.51. The Labute approximate surface area is 110 Å². The third-order valence-electron chi connectivity index (χ3n) is 3.47. The van der Waals surface area contributed by atoms with Gasteiger partial charge in [-0.2, -0.15) is 0 Å². The van der Waals surface area contributed by atoms with E-state index >= 15 is 0 Å². The number of nitrogen functional groups attached to an aromatic ring is 1. The van der Waals surface area contributed by atoms with Crippen LogP contribution in [0.15, 0.2) is 24.3 Å². The van der Waals surface area contributed by atoms with Crippen molar-refractivity contribution >= 4 is 11.4 Å². The van der Waals surface area contributed by atoms with E-state index in [2.05, 4.69) is 50.5 Å². The fraction of sp³-hybridized carbons (Fsp3) is 0.600. The lowest BCUT2D eigenvalue weighted by Crippen LogP contribution is -2.60. The number of anilines is 2. The van der Waals surface area contributed by atoms with Gasteiger partial charge in [0.05, 0.1) is 0 Å². The van der Waals surface area contributed by atoms with Crippen LogP contribution in [0.1, 0.15) is 40.5 Å². The number of hydrogen-bond acceptors (Lipinski definition) is 3. The Kier molecular flexibility index (Phi) is 3.28. The van der Waals surface area contributed by atoms with E-state index in [1.165, 1.54) is 0 Å². The molecule has 1 aromatic carbocycles. The monoisotopic (exact) mass is 247 g/mol. The molecule has 1 aliphatic rings. The van der Waals surface area contributed by atoms with Crippen molar-refractivity contribution < 1.29 is 0 Å². The highest BCUT2D eigenvalue weighted by Crippen LogP contribution is 2.30. The Morgan fingerprint density at radius 1 is 1.06 bits per heavy atom. The van der Waals surface area contributed by atoms with Crippen LogP contribution in [0.5, 0.6) is 0 Å². The van der Waals surface area contributed by atoms with E-state index in [1.807, 2.05) is 12.1 Å². The summed E-state index contributed by atoms with van der Waals surface area (Å²) in [6.07, 6.45) is 2.25. The zero-order chi connectivity index (χ0) is 13.4. The van der Waals surface area contributed by atoms with Crippen LogP contribution < -0.4 is 16.4 Å². The first kappa shape index (κ1) is 13.2. The number of piperidine rings is 1. The van der Waals surface area contributed by atoms with Crippen molar-refractivity contribution in [1.29, 1.82) is 0 Å². The largest absolute Gasteiger partial charge is 0.399 e. The lowest BCUT2D eigenvalue weighted by molar-refractivity contribution is 0.170. The van der Waals surface area contributed by atoms with Crippen LogP contribution in [0.4, 0.5) is 11.4 Å². The quantitative estimate of drug-likeness (QED) is 0.704. The maximum absolute atomic E-state index is 5.71. The Morgan fingerprint density at radius 2 is 1.56 bits per heavy atom. The van der Waals surface area contributed by atoms with E-state index in [4.69, 9.17) is 5.73 Å². The molecule has 1 aliphatic heterocycles. The molecule has 0 saturated carbocycles. The van der Waals surface area contributed by atoms with Gasteiger partial charge in [0, 0.05) is 28.5 Å². The Balaban J connectivity index is 2.07. The van der Waals surface area contributed by atoms with Crippen LogP contribution in [0.2, 0.25) is 0 Å². The summed E-state index contributed by atoms with van der Waals surface area (Å²) < 4.78 is 0. The number of nitrogens with two attached hydrogens (primary N) is 1. The van der Waals surface area contributed by atoms with E-state index < -0.39 is 0 Å². The van der Waals surface area contributed by atoms with Gasteiger partial charge in [-0.15, -0.1) is 0 Å². The predicted molar refractivity (Wildman–Crippen MR) is 78.8 cm³/mol. The molecule has 1 aromatic rings. The molecule has 4 N–H and O–H groups in total. The van der Waals surface area contributed by atoms with Gasteiger partial charge in [-0.3, -0.25) is 0 Å². The van der Waals surface area contributed by atoms with Crippen molar-refractivity contribution in [2.75, 3.05) is 11.1 Å². The van der Waals surface area contributed by atoms with Crippen LogP contribution in [0.3, 0.4) is 0 Å². The van der Waals surface area contributed by atoms with Gasteiger partial charge in [0.2, 0.25) is 0 Å². The molecule has 2 rings (SSSR count). The minimum Gasteiger partial charge on any atom is -0.399 e. The Morgan fingerprint density at radius 3 is 2.06 bits per heavy atom. The molecular weight excluding hydrogens is 222 g/mol. The smallest absolute Gasteiger partial charge is 0.0343 e. The zero-order valence-electron chi connectivity index (χ0n) is 11.9. The standard InChI is InChI=1S/C15H25N3/c1-14(2)9-13(10-15(3,4)18-14)17-12-7-5-11(16)6-8-12/h5-8,13,17-18H,9-10,16H2,1-4H3. The molecule has 0 radical (unpaired) electrons. The molecule has 0 spiro atoms. The van der Waals surface area contributed by atoms with E-state index in [1.54, 1.807) is 0 Å². The fourth-order valence-corrected chi connectivity index (χ4v) is 3.24. The number of rotatable bonds is 2. The molecule has 1 fully saturated rings. The summed E-state index contributed by atoms with van der Waals surface area (Å²) in [5.41, 5.74) is 8.02. The molecule has 0 unspecified atom stereocenters. The van der Waals surface area contributed by atoms with Crippen molar-refractivity contribution in [1.82, 2.24) is 5.32 Å². The molecule has 0 amide bonds. The van der Waals surface area contributed by atoms with Gasteiger partial charge >= 0.3 is 0 Å². The lowest BCUT2D eigenvalue weighted by atomic mass is 9.79. The van der Waals surface area contributed by atoms with Gasteiger partial charge in [-0.1, -0.05) is 0 Å². The molecule has 1 heterocycles. The molecule has 0 bridgehead atoms. The Bertz CT molecular complexity index is 390. The lowest BCUT2D eigenvalue weighted by Gasteiger charge is -2.47. The summed E-state index contributed by atoms with van der Waals surface area (Å²) >= 11 is 0. The summed E-state index contributed by atoms with van der Waals surface area (Å²) in [7, 11) is 0. The summed E-state index contributed by atoms with van der Waals surface area (Å²) in [6, 6.07) is 8.49. The molecule has 0 aromatic heterocycles. The first-order valence-corrected chi connectivity index (χ1v) is 6.67. The average Bonchev–Trinajstić information content (AvgIpc) is 2.16. The van der Waals surface area contributed by atoms with Gasteiger partial charge in [0.15, 0.2) is 0 Å². The number of hydrogen-bond donors (Lipinski definition) is 3. The maximum Gasteiger partial charge on any atom is 0.0343 e. The number of benzene rings is 1. The second kappa shape index (κ2) is 4.47. The van der Waals surface area contributed by atoms with Crippen LogP contribution >= 0.6 is 0 Å². The molecule has 0 aliphatic carbocycles. The minimum atomic E-state index is 0.174. The number of nitrogens with one attached hydrogen (secondary N) is 2. The maximum atomic E-state index is 5.71. The molecule has 0 atom stereocenters. The second-order valence-electron chi connectivity index (χ2n) is 6.76. The fourth-order valence-electron chi connectivity index (χ4n) is 3.24. The predicted octanol–water partition coefficient (Wildman–Crippen LogP) is 2.99. The minimum absolute atomic E-state index is 0.174. The van der Waals surface area contributed by atoms with Crippen molar-refractivity contribution in [3.8, 4) is 0 Å². The Hall–Kier alpha value is -1.22. The highest BCUT2D eigenvalue weighted by atomic mass is 15.1. The second-order valence-corrected chi connectivity index (χ2v) is 6.76. The van der Waals surface area contributed by atoms with Gasteiger partial charge in [-0.05, 0) is 64.8 Å². The van der Waals surface area contributed by atoms with Gasteiger partial charge in [-0.25, -0.2) is 0 Å². The van der Waals surface area contributed by atoms with E-state index in [-0.39, 0.29) is 11.1 Å². The third kappa shape index (κ3) is 3.39.